The number of fused-ring (bicyclic) bond motifs is 8. The summed E-state index contributed by atoms with van der Waals surface area (Å²) in [6, 6.07) is 65.1. The first-order chi connectivity index (χ1) is 25.0. The monoisotopic (exact) mass is 685 g/mol. The predicted molar refractivity (Wildman–Crippen MR) is 225 cm³/mol. The lowest BCUT2D eigenvalue weighted by molar-refractivity contribution is 1.29. The van der Waals surface area contributed by atoms with Gasteiger partial charge in [-0.2, -0.15) is 0 Å². The highest BCUT2D eigenvalue weighted by Crippen LogP contribution is 2.45. The molecule has 0 N–H and O–H groups in total. The standard InChI is InChI=1S/C48H35NSSi/c1-51(2)45-27-25-40(31-43(45)47-46(51)28-26-42-41-17-8-9-18-44(41)50-48(42)47)49(39-16-10-15-36(30-39)32-11-4-3-5-12-32)38-23-21-34(22-24-38)37-20-19-33-13-6-7-14-35(33)29-37/h3-31H,1-2H3. The van der Waals surface area contributed by atoms with Crippen LogP contribution < -0.4 is 15.3 Å². The Bertz CT molecular complexity index is 2780. The van der Waals surface area contributed by atoms with E-state index in [2.05, 4.69) is 194 Å². The van der Waals surface area contributed by atoms with Crippen molar-refractivity contribution in [3.63, 3.8) is 0 Å². The summed E-state index contributed by atoms with van der Waals surface area (Å²) in [5.74, 6) is 0. The lowest BCUT2D eigenvalue weighted by Gasteiger charge is -2.27. The van der Waals surface area contributed by atoms with Gasteiger partial charge < -0.3 is 4.90 Å². The number of hydrogen-bond donors (Lipinski definition) is 0. The molecule has 8 aromatic carbocycles. The van der Waals surface area contributed by atoms with Crippen LogP contribution in [-0.2, 0) is 0 Å². The minimum atomic E-state index is -1.89. The molecule has 0 bridgehead atoms. The molecule has 0 amide bonds. The zero-order valence-electron chi connectivity index (χ0n) is 28.6. The van der Waals surface area contributed by atoms with Gasteiger partial charge in [-0.05, 0) is 103 Å². The van der Waals surface area contributed by atoms with Crippen LogP contribution in [0, 0.1) is 0 Å². The van der Waals surface area contributed by atoms with Crippen molar-refractivity contribution in [2.24, 2.45) is 0 Å². The molecule has 0 unspecified atom stereocenters. The molecule has 1 aromatic heterocycles. The van der Waals surface area contributed by atoms with Crippen molar-refractivity contribution in [1.82, 2.24) is 0 Å². The predicted octanol–water partition coefficient (Wildman–Crippen LogP) is 12.8. The summed E-state index contributed by atoms with van der Waals surface area (Å²) in [4.78, 5) is 2.44. The Morgan fingerprint density at radius 2 is 1.08 bits per heavy atom. The van der Waals surface area contributed by atoms with Gasteiger partial charge in [0, 0.05) is 37.2 Å². The van der Waals surface area contributed by atoms with Gasteiger partial charge in [0.1, 0.15) is 8.07 Å². The third-order valence-electron chi connectivity index (χ3n) is 10.8. The molecule has 0 atom stereocenters. The molecule has 1 aliphatic rings. The third-order valence-corrected chi connectivity index (χ3v) is 15.6. The van der Waals surface area contributed by atoms with Crippen LogP contribution in [0.2, 0.25) is 13.1 Å². The Labute approximate surface area is 303 Å². The molecule has 3 heteroatoms. The number of hydrogen-bond acceptors (Lipinski definition) is 2. The van der Waals surface area contributed by atoms with E-state index in [9.17, 15) is 0 Å². The summed E-state index contributed by atoms with van der Waals surface area (Å²) < 4.78 is 2.78. The van der Waals surface area contributed by atoms with Crippen LogP contribution >= 0.6 is 11.3 Å². The van der Waals surface area contributed by atoms with Gasteiger partial charge in [-0.15, -0.1) is 11.3 Å². The van der Waals surface area contributed by atoms with Crippen LogP contribution in [0.1, 0.15) is 0 Å². The van der Waals surface area contributed by atoms with Crippen LogP contribution in [0.25, 0.3) is 64.3 Å². The normalized spacial score (nSPS) is 13.1. The Morgan fingerprint density at radius 3 is 1.94 bits per heavy atom. The van der Waals surface area contributed by atoms with Gasteiger partial charge in [0.05, 0.1) is 0 Å². The molecule has 0 saturated heterocycles. The topological polar surface area (TPSA) is 3.24 Å². The van der Waals surface area contributed by atoms with E-state index in [0.717, 1.165) is 11.4 Å². The van der Waals surface area contributed by atoms with Crippen LogP contribution in [0.3, 0.4) is 0 Å². The van der Waals surface area contributed by atoms with Crippen LogP contribution in [0.15, 0.2) is 176 Å². The van der Waals surface area contributed by atoms with E-state index in [0.29, 0.717) is 0 Å². The Balaban J connectivity index is 1.15. The van der Waals surface area contributed by atoms with Crippen molar-refractivity contribution in [1.29, 1.82) is 0 Å². The fraction of sp³-hybridized carbons (Fsp3) is 0.0417. The number of rotatable bonds is 5. The molecule has 0 radical (unpaired) electrons. The first kappa shape index (κ1) is 30.1. The zero-order chi connectivity index (χ0) is 34.1. The van der Waals surface area contributed by atoms with E-state index in [1.165, 1.54) is 75.2 Å². The summed E-state index contributed by atoms with van der Waals surface area (Å²) in [5, 5.41) is 8.32. The quantitative estimate of drug-likeness (QED) is 0.163. The molecule has 2 heterocycles. The van der Waals surface area contributed by atoms with Crippen molar-refractivity contribution < 1.29 is 0 Å². The Hall–Kier alpha value is -5.74. The summed E-state index contributed by atoms with van der Waals surface area (Å²) in [6.07, 6.45) is 0. The maximum atomic E-state index is 2.52. The summed E-state index contributed by atoms with van der Waals surface area (Å²) >= 11 is 1.95. The second kappa shape index (κ2) is 11.7. The van der Waals surface area contributed by atoms with E-state index in [4.69, 9.17) is 0 Å². The number of thiophene rings is 1. The van der Waals surface area contributed by atoms with Crippen molar-refractivity contribution in [2.75, 3.05) is 4.90 Å². The van der Waals surface area contributed by atoms with Crippen LogP contribution in [0.5, 0.6) is 0 Å². The number of nitrogens with zero attached hydrogens (tertiary/aromatic N) is 1. The van der Waals surface area contributed by atoms with Crippen LogP contribution in [0.4, 0.5) is 17.1 Å². The molecule has 242 valence electrons. The second-order valence-corrected chi connectivity index (χ2v) is 19.6. The van der Waals surface area contributed by atoms with E-state index in [1.54, 1.807) is 5.19 Å². The minimum absolute atomic E-state index is 1.14. The maximum absolute atomic E-state index is 2.52. The molecule has 0 saturated carbocycles. The van der Waals surface area contributed by atoms with E-state index in [-0.39, 0.29) is 0 Å². The molecule has 51 heavy (non-hydrogen) atoms. The molecular weight excluding hydrogens is 651 g/mol. The highest BCUT2D eigenvalue weighted by molar-refractivity contribution is 7.26. The Morgan fingerprint density at radius 1 is 0.431 bits per heavy atom. The van der Waals surface area contributed by atoms with Gasteiger partial charge >= 0.3 is 0 Å². The van der Waals surface area contributed by atoms with Gasteiger partial charge in [-0.25, -0.2) is 0 Å². The molecule has 9 aromatic rings. The average Bonchev–Trinajstić information content (AvgIpc) is 3.67. The Kier molecular flexibility index (Phi) is 6.89. The lowest BCUT2D eigenvalue weighted by atomic mass is 10.00. The molecule has 1 aliphatic heterocycles. The molecule has 0 aliphatic carbocycles. The van der Waals surface area contributed by atoms with Crippen LogP contribution in [-0.4, -0.2) is 8.07 Å². The smallest absolute Gasteiger partial charge is 0.113 e. The highest BCUT2D eigenvalue weighted by Gasteiger charge is 2.39. The first-order valence-corrected chi connectivity index (χ1v) is 21.5. The van der Waals surface area contributed by atoms with Gasteiger partial charge in [0.25, 0.3) is 0 Å². The number of anilines is 3. The molecule has 10 rings (SSSR count). The van der Waals surface area contributed by atoms with E-state index < -0.39 is 8.07 Å². The van der Waals surface area contributed by atoms with Crippen molar-refractivity contribution in [3.05, 3.63) is 176 Å². The van der Waals surface area contributed by atoms with Gasteiger partial charge in [-0.1, -0.05) is 140 Å². The zero-order valence-corrected chi connectivity index (χ0v) is 30.4. The summed E-state index contributed by atoms with van der Waals surface area (Å²) in [7, 11) is -1.89. The number of benzene rings is 8. The van der Waals surface area contributed by atoms with Crippen molar-refractivity contribution in [2.45, 2.75) is 13.1 Å². The fourth-order valence-electron chi connectivity index (χ4n) is 8.22. The molecule has 0 spiro atoms. The molecule has 0 fully saturated rings. The molecule has 1 nitrogen and oxygen atoms in total. The van der Waals surface area contributed by atoms with Gasteiger partial charge in [0.15, 0.2) is 0 Å². The van der Waals surface area contributed by atoms with Gasteiger partial charge in [0.2, 0.25) is 0 Å². The molecular formula is C48H35NSSi. The second-order valence-electron chi connectivity index (χ2n) is 14.2. The lowest BCUT2D eigenvalue weighted by Crippen LogP contribution is -2.49. The fourth-order valence-corrected chi connectivity index (χ4v) is 12.6. The highest BCUT2D eigenvalue weighted by atomic mass is 32.1. The van der Waals surface area contributed by atoms with Crippen molar-refractivity contribution in [3.8, 4) is 33.4 Å². The first-order valence-electron chi connectivity index (χ1n) is 17.7. The third kappa shape index (κ3) is 4.88. The minimum Gasteiger partial charge on any atom is -0.310 e. The van der Waals surface area contributed by atoms with Crippen molar-refractivity contribution >= 4 is 77.8 Å². The SMILES string of the molecule is C[Si]1(C)c2ccc(N(c3ccc(-c4ccc5ccccc5c4)cc3)c3cccc(-c4ccccc4)c3)cc2-c2c1ccc1c2sc2ccccc21. The van der Waals surface area contributed by atoms with Gasteiger partial charge in [-0.3, -0.25) is 0 Å². The van der Waals surface area contributed by atoms with E-state index in [1.807, 2.05) is 11.3 Å². The summed E-state index contributed by atoms with van der Waals surface area (Å²) in [5.41, 5.74) is 11.2. The largest absolute Gasteiger partial charge is 0.310 e. The summed E-state index contributed by atoms with van der Waals surface area (Å²) in [6.45, 7) is 5.03. The van der Waals surface area contributed by atoms with E-state index >= 15 is 0 Å². The maximum Gasteiger partial charge on any atom is 0.113 e. The average molecular weight is 686 g/mol.